The van der Waals surface area contributed by atoms with E-state index in [1.807, 2.05) is 0 Å². The molecule has 1 aliphatic heterocycles. The Bertz CT molecular complexity index is 431. The molecular weight excluding hydrogens is 325 g/mol. The van der Waals surface area contributed by atoms with Crippen molar-refractivity contribution in [3.8, 4) is 5.75 Å². The highest BCUT2D eigenvalue weighted by Gasteiger charge is 2.32. The molecule has 1 N–H and O–H groups in total. The lowest BCUT2D eigenvalue weighted by atomic mass is 10.2. The zero-order valence-electron chi connectivity index (χ0n) is 10.1. The number of nitrogens with zero attached hydrogens (tertiary/aromatic N) is 1. The topological polar surface area (TPSA) is 24.5 Å². The second kappa shape index (κ2) is 6.00. The predicted molar refractivity (Wildman–Crippen MR) is 70.5 cm³/mol. The SMILES string of the molecule is FC(F)(F)Oc1ccc(N2CCCNCC2)cc1Br. The van der Waals surface area contributed by atoms with E-state index in [1.165, 1.54) is 6.07 Å². The van der Waals surface area contributed by atoms with Crippen molar-refractivity contribution in [1.82, 2.24) is 5.32 Å². The van der Waals surface area contributed by atoms with Gasteiger partial charge in [0.15, 0.2) is 0 Å². The first-order valence-electron chi connectivity index (χ1n) is 5.97. The summed E-state index contributed by atoms with van der Waals surface area (Å²) < 4.78 is 40.7. The van der Waals surface area contributed by atoms with Gasteiger partial charge in [0.05, 0.1) is 4.47 Å². The van der Waals surface area contributed by atoms with Crippen molar-refractivity contribution in [3.05, 3.63) is 22.7 Å². The number of hydrogen-bond acceptors (Lipinski definition) is 3. The van der Waals surface area contributed by atoms with Crippen molar-refractivity contribution in [2.24, 2.45) is 0 Å². The fraction of sp³-hybridized carbons (Fsp3) is 0.500. The fourth-order valence-electron chi connectivity index (χ4n) is 2.00. The van der Waals surface area contributed by atoms with E-state index in [4.69, 9.17) is 0 Å². The maximum Gasteiger partial charge on any atom is 0.573 e. The Morgan fingerprint density at radius 1 is 1.21 bits per heavy atom. The summed E-state index contributed by atoms with van der Waals surface area (Å²) in [6.07, 6.45) is -3.66. The van der Waals surface area contributed by atoms with Gasteiger partial charge < -0.3 is 15.0 Å². The fourth-order valence-corrected chi connectivity index (χ4v) is 2.45. The molecule has 0 aromatic heterocycles. The molecule has 1 saturated heterocycles. The molecule has 2 rings (SSSR count). The monoisotopic (exact) mass is 338 g/mol. The van der Waals surface area contributed by atoms with E-state index in [-0.39, 0.29) is 5.75 Å². The number of nitrogens with one attached hydrogen (secondary N) is 1. The van der Waals surface area contributed by atoms with Gasteiger partial charge in [-0.25, -0.2) is 0 Å². The van der Waals surface area contributed by atoms with Gasteiger partial charge in [-0.3, -0.25) is 0 Å². The maximum atomic E-state index is 12.2. The van der Waals surface area contributed by atoms with Crippen LogP contribution in [0.15, 0.2) is 22.7 Å². The predicted octanol–water partition coefficient (Wildman–Crippen LogP) is 3.15. The van der Waals surface area contributed by atoms with Crippen LogP contribution in [0.5, 0.6) is 5.75 Å². The minimum atomic E-state index is -4.67. The van der Waals surface area contributed by atoms with Gasteiger partial charge in [-0.1, -0.05) is 0 Å². The summed E-state index contributed by atoms with van der Waals surface area (Å²) in [7, 11) is 0. The van der Waals surface area contributed by atoms with Crippen molar-refractivity contribution in [2.45, 2.75) is 12.8 Å². The number of ether oxygens (including phenoxy) is 1. The average Bonchev–Trinajstić information content (AvgIpc) is 2.59. The van der Waals surface area contributed by atoms with Crippen LogP contribution in [0.4, 0.5) is 18.9 Å². The maximum absolute atomic E-state index is 12.2. The van der Waals surface area contributed by atoms with Gasteiger partial charge in [0, 0.05) is 25.3 Å². The van der Waals surface area contributed by atoms with Crippen LogP contribution in [-0.2, 0) is 0 Å². The van der Waals surface area contributed by atoms with Crippen molar-refractivity contribution < 1.29 is 17.9 Å². The van der Waals surface area contributed by atoms with Crippen molar-refractivity contribution in [1.29, 1.82) is 0 Å². The molecule has 3 nitrogen and oxygen atoms in total. The minimum absolute atomic E-state index is 0.218. The third-order valence-electron chi connectivity index (χ3n) is 2.85. The number of anilines is 1. The Hall–Kier alpha value is -0.950. The Morgan fingerprint density at radius 3 is 2.68 bits per heavy atom. The molecule has 1 heterocycles. The lowest BCUT2D eigenvalue weighted by Gasteiger charge is -2.23. The second-order valence-electron chi connectivity index (χ2n) is 4.25. The number of alkyl halides is 3. The molecular formula is C12H14BrF3N2O. The van der Waals surface area contributed by atoms with Crippen molar-refractivity contribution in [2.75, 3.05) is 31.1 Å². The summed E-state index contributed by atoms with van der Waals surface area (Å²) in [5.74, 6) is -0.218. The number of rotatable bonds is 2. The van der Waals surface area contributed by atoms with E-state index >= 15 is 0 Å². The van der Waals surface area contributed by atoms with Crippen LogP contribution in [0.25, 0.3) is 0 Å². The summed E-state index contributed by atoms with van der Waals surface area (Å²) in [5.41, 5.74) is 0.894. The van der Waals surface area contributed by atoms with Gasteiger partial charge in [-0.2, -0.15) is 0 Å². The molecule has 0 bridgehead atoms. The van der Waals surface area contributed by atoms with Gasteiger partial charge >= 0.3 is 6.36 Å². The lowest BCUT2D eigenvalue weighted by molar-refractivity contribution is -0.274. The highest BCUT2D eigenvalue weighted by atomic mass is 79.9. The minimum Gasteiger partial charge on any atom is -0.405 e. The molecule has 1 aromatic carbocycles. The molecule has 0 spiro atoms. The molecule has 1 fully saturated rings. The first kappa shape index (κ1) is 14.5. The molecule has 0 aliphatic carbocycles. The number of benzene rings is 1. The third-order valence-corrected chi connectivity index (χ3v) is 3.47. The highest BCUT2D eigenvalue weighted by molar-refractivity contribution is 9.10. The largest absolute Gasteiger partial charge is 0.573 e. The smallest absolute Gasteiger partial charge is 0.405 e. The van der Waals surface area contributed by atoms with Gasteiger partial charge in [0.2, 0.25) is 0 Å². The van der Waals surface area contributed by atoms with Crippen molar-refractivity contribution in [3.63, 3.8) is 0 Å². The summed E-state index contributed by atoms with van der Waals surface area (Å²) >= 11 is 3.12. The Kier molecular flexibility index (Phi) is 4.57. The summed E-state index contributed by atoms with van der Waals surface area (Å²) in [5, 5.41) is 3.28. The van der Waals surface area contributed by atoms with E-state index in [9.17, 15) is 13.2 Å². The molecule has 106 valence electrons. The summed E-state index contributed by atoms with van der Waals surface area (Å²) in [6, 6.07) is 4.65. The molecule has 0 atom stereocenters. The van der Waals surface area contributed by atoms with Crippen LogP contribution in [-0.4, -0.2) is 32.5 Å². The van der Waals surface area contributed by atoms with Gasteiger partial charge in [-0.05, 0) is 47.1 Å². The van der Waals surface area contributed by atoms with E-state index in [0.29, 0.717) is 4.47 Å². The molecule has 7 heteroatoms. The average molecular weight is 339 g/mol. The van der Waals surface area contributed by atoms with Gasteiger partial charge in [0.25, 0.3) is 0 Å². The Morgan fingerprint density at radius 2 is 2.00 bits per heavy atom. The Labute approximate surface area is 117 Å². The van der Waals surface area contributed by atoms with Crippen LogP contribution in [0, 0.1) is 0 Å². The van der Waals surface area contributed by atoms with Crippen molar-refractivity contribution >= 4 is 21.6 Å². The normalized spacial score (nSPS) is 17.2. The van der Waals surface area contributed by atoms with Crippen LogP contribution in [0.2, 0.25) is 0 Å². The number of halogens is 4. The van der Waals surface area contributed by atoms with Crippen LogP contribution in [0.1, 0.15) is 6.42 Å². The first-order valence-corrected chi connectivity index (χ1v) is 6.76. The number of hydrogen-bond donors (Lipinski definition) is 1. The third kappa shape index (κ3) is 4.28. The Balaban J connectivity index is 2.13. The second-order valence-corrected chi connectivity index (χ2v) is 5.11. The van der Waals surface area contributed by atoms with E-state index < -0.39 is 6.36 Å². The molecule has 19 heavy (non-hydrogen) atoms. The molecule has 0 amide bonds. The molecule has 1 aliphatic rings. The molecule has 0 unspecified atom stereocenters. The summed E-state index contributed by atoms with van der Waals surface area (Å²) in [4.78, 5) is 2.14. The van der Waals surface area contributed by atoms with E-state index in [1.54, 1.807) is 12.1 Å². The zero-order valence-corrected chi connectivity index (χ0v) is 11.7. The van der Waals surface area contributed by atoms with Crippen LogP contribution in [0.3, 0.4) is 0 Å². The van der Waals surface area contributed by atoms with Gasteiger partial charge in [0.1, 0.15) is 5.75 Å². The van der Waals surface area contributed by atoms with Crippen LogP contribution >= 0.6 is 15.9 Å². The zero-order chi connectivity index (χ0) is 13.9. The van der Waals surface area contributed by atoms with Gasteiger partial charge in [-0.15, -0.1) is 13.2 Å². The quantitative estimate of drug-likeness (QED) is 0.896. The highest BCUT2D eigenvalue weighted by Crippen LogP contribution is 2.33. The molecule has 0 saturated carbocycles. The van der Waals surface area contributed by atoms with E-state index in [0.717, 1.165) is 38.3 Å². The van der Waals surface area contributed by atoms with Crippen LogP contribution < -0.4 is 15.0 Å². The standard InChI is InChI=1S/C12H14BrF3N2O/c13-10-8-9(18-6-1-4-17-5-7-18)2-3-11(10)19-12(14,15)16/h2-3,8,17H,1,4-7H2. The first-order chi connectivity index (χ1) is 8.96. The summed E-state index contributed by atoms with van der Waals surface area (Å²) in [6.45, 7) is 3.57. The molecule has 0 radical (unpaired) electrons. The lowest BCUT2D eigenvalue weighted by Crippen LogP contribution is -2.27. The van der Waals surface area contributed by atoms with E-state index in [2.05, 4.69) is 30.9 Å². The molecule has 1 aromatic rings.